The Morgan fingerprint density at radius 3 is 2.68 bits per heavy atom. The molecule has 0 aliphatic heterocycles. The topological polar surface area (TPSA) is 45.2 Å². The number of rotatable bonds is 5. The van der Waals surface area contributed by atoms with Gasteiger partial charge in [-0.3, -0.25) is 9.78 Å². The number of hydrogen-bond acceptors (Lipinski definition) is 3. The first-order valence-electron chi connectivity index (χ1n) is 6.18. The maximum absolute atomic E-state index is 12.0. The fraction of sp³-hybridized carbons (Fsp3) is 0.200. The van der Waals surface area contributed by atoms with Gasteiger partial charge in [0.15, 0.2) is 0 Å². The third-order valence-electron chi connectivity index (χ3n) is 2.85. The van der Waals surface area contributed by atoms with E-state index in [9.17, 15) is 4.79 Å². The van der Waals surface area contributed by atoms with E-state index in [0.717, 1.165) is 11.3 Å². The van der Waals surface area contributed by atoms with Crippen molar-refractivity contribution >= 4 is 11.6 Å². The average molecular weight is 255 g/mol. The molecule has 2 aromatic rings. The second kappa shape index (κ2) is 6.66. The number of para-hydroxylation sites is 1. The molecule has 1 aromatic carbocycles. The van der Waals surface area contributed by atoms with E-state index in [2.05, 4.69) is 10.3 Å². The van der Waals surface area contributed by atoms with Crippen LogP contribution in [0.15, 0.2) is 54.9 Å². The highest BCUT2D eigenvalue weighted by atomic mass is 16.2. The second-order valence-corrected chi connectivity index (χ2v) is 4.25. The molecule has 1 N–H and O–H groups in total. The van der Waals surface area contributed by atoms with Crippen LogP contribution in [-0.4, -0.2) is 24.5 Å². The lowest BCUT2D eigenvalue weighted by Crippen LogP contribution is -2.35. The number of amides is 1. The second-order valence-electron chi connectivity index (χ2n) is 4.25. The number of hydrogen-bond donors (Lipinski definition) is 1. The first-order valence-corrected chi connectivity index (χ1v) is 6.18. The first kappa shape index (κ1) is 13.2. The van der Waals surface area contributed by atoms with Crippen LogP contribution in [0.2, 0.25) is 0 Å². The number of anilines is 1. The zero-order chi connectivity index (χ0) is 13.5. The number of pyridine rings is 1. The van der Waals surface area contributed by atoms with E-state index in [-0.39, 0.29) is 5.91 Å². The zero-order valence-electron chi connectivity index (χ0n) is 10.9. The van der Waals surface area contributed by atoms with Gasteiger partial charge in [-0.05, 0) is 23.8 Å². The van der Waals surface area contributed by atoms with Crippen LogP contribution in [0.5, 0.6) is 0 Å². The lowest BCUT2D eigenvalue weighted by molar-refractivity contribution is -0.117. The van der Waals surface area contributed by atoms with Gasteiger partial charge in [0.1, 0.15) is 0 Å². The first-order chi connectivity index (χ1) is 9.27. The summed E-state index contributed by atoms with van der Waals surface area (Å²) in [4.78, 5) is 17.7. The zero-order valence-corrected chi connectivity index (χ0v) is 10.9. The molecule has 1 amide bonds. The Morgan fingerprint density at radius 1 is 1.21 bits per heavy atom. The van der Waals surface area contributed by atoms with Crippen molar-refractivity contribution in [1.82, 2.24) is 10.3 Å². The van der Waals surface area contributed by atoms with Gasteiger partial charge in [-0.2, -0.15) is 0 Å². The van der Waals surface area contributed by atoms with Crippen molar-refractivity contribution < 1.29 is 4.79 Å². The maximum atomic E-state index is 12.0. The van der Waals surface area contributed by atoms with E-state index in [1.165, 1.54) is 0 Å². The van der Waals surface area contributed by atoms with Gasteiger partial charge < -0.3 is 10.2 Å². The summed E-state index contributed by atoms with van der Waals surface area (Å²) in [5.41, 5.74) is 1.97. The Hall–Kier alpha value is -2.20. The van der Waals surface area contributed by atoms with Gasteiger partial charge in [0.05, 0.1) is 6.54 Å². The number of benzene rings is 1. The van der Waals surface area contributed by atoms with Crippen LogP contribution in [0.1, 0.15) is 5.56 Å². The molecule has 0 saturated carbocycles. The molecule has 0 aliphatic rings. The highest BCUT2D eigenvalue weighted by molar-refractivity contribution is 5.94. The summed E-state index contributed by atoms with van der Waals surface area (Å²) in [5, 5.41) is 3.12. The third-order valence-corrected chi connectivity index (χ3v) is 2.85. The SMILES string of the molecule is CN(C(=O)CNCc1cccnc1)c1ccccc1. The van der Waals surface area contributed by atoms with E-state index < -0.39 is 0 Å². The number of nitrogens with one attached hydrogen (secondary N) is 1. The standard InChI is InChI=1S/C15H17N3O/c1-18(14-7-3-2-4-8-14)15(19)12-17-11-13-6-5-9-16-10-13/h2-10,17H,11-12H2,1H3. The lowest BCUT2D eigenvalue weighted by atomic mass is 10.3. The van der Waals surface area contributed by atoms with Crippen molar-refractivity contribution in [3.8, 4) is 0 Å². The molecule has 4 nitrogen and oxygen atoms in total. The number of carbonyl (C=O) groups is 1. The maximum Gasteiger partial charge on any atom is 0.240 e. The van der Waals surface area contributed by atoms with Crippen molar-refractivity contribution in [2.75, 3.05) is 18.5 Å². The van der Waals surface area contributed by atoms with Crippen molar-refractivity contribution in [1.29, 1.82) is 0 Å². The number of likely N-dealkylation sites (N-methyl/N-ethyl adjacent to an activating group) is 1. The van der Waals surface area contributed by atoms with Crippen LogP contribution < -0.4 is 10.2 Å². The molecule has 0 atom stereocenters. The molecule has 0 bridgehead atoms. The molecule has 98 valence electrons. The molecular weight excluding hydrogens is 238 g/mol. The van der Waals surface area contributed by atoms with Gasteiger partial charge in [-0.1, -0.05) is 24.3 Å². The van der Waals surface area contributed by atoms with E-state index in [1.54, 1.807) is 24.3 Å². The Bertz CT molecular complexity index is 513. The summed E-state index contributed by atoms with van der Waals surface area (Å²) in [7, 11) is 1.78. The molecule has 0 aliphatic carbocycles. The Labute approximate surface area is 113 Å². The summed E-state index contributed by atoms with van der Waals surface area (Å²) in [5.74, 6) is 0.0371. The van der Waals surface area contributed by atoms with Gasteiger partial charge in [0.25, 0.3) is 0 Å². The molecule has 4 heteroatoms. The van der Waals surface area contributed by atoms with Crippen molar-refractivity contribution in [3.63, 3.8) is 0 Å². The van der Waals surface area contributed by atoms with Crippen LogP contribution >= 0.6 is 0 Å². The molecule has 1 heterocycles. The monoisotopic (exact) mass is 255 g/mol. The van der Waals surface area contributed by atoms with E-state index in [1.807, 2.05) is 42.5 Å². The van der Waals surface area contributed by atoms with Gasteiger partial charge in [0, 0.05) is 31.7 Å². The highest BCUT2D eigenvalue weighted by Crippen LogP contribution is 2.10. The van der Waals surface area contributed by atoms with Gasteiger partial charge in [-0.25, -0.2) is 0 Å². The summed E-state index contributed by atoms with van der Waals surface area (Å²) < 4.78 is 0. The van der Waals surface area contributed by atoms with Gasteiger partial charge in [0.2, 0.25) is 5.91 Å². The molecule has 0 radical (unpaired) electrons. The summed E-state index contributed by atoms with van der Waals surface area (Å²) in [6.07, 6.45) is 3.52. The van der Waals surface area contributed by atoms with Crippen LogP contribution in [0.25, 0.3) is 0 Å². The smallest absolute Gasteiger partial charge is 0.240 e. The Morgan fingerprint density at radius 2 is 2.00 bits per heavy atom. The molecular formula is C15H17N3O. The normalized spacial score (nSPS) is 10.2. The Balaban J connectivity index is 1.82. The summed E-state index contributed by atoms with van der Waals surface area (Å²) >= 11 is 0. The lowest BCUT2D eigenvalue weighted by Gasteiger charge is -2.17. The quantitative estimate of drug-likeness (QED) is 0.886. The molecule has 19 heavy (non-hydrogen) atoms. The van der Waals surface area contributed by atoms with Crippen LogP contribution in [0.4, 0.5) is 5.69 Å². The molecule has 0 unspecified atom stereocenters. The van der Waals surface area contributed by atoms with E-state index in [0.29, 0.717) is 13.1 Å². The summed E-state index contributed by atoms with van der Waals surface area (Å²) in [6.45, 7) is 0.947. The van der Waals surface area contributed by atoms with E-state index >= 15 is 0 Å². The molecule has 0 fully saturated rings. The average Bonchev–Trinajstić information content (AvgIpc) is 2.48. The number of aromatic nitrogens is 1. The van der Waals surface area contributed by atoms with Gasteiger partial charge in [-0.15, -0.1) is 0 Å². The third kappa shape index (κ3) is 3.89. The molecule has 0 spiro atoms. The molecule has 0 saturated heterocycles. The molecule has 2 rings (SSSR count). The van der Waals surface area contributed by atoms with Crippen LogP contribution in [0.3, 0.4) is 0 Å². The molecule has 1 aromatic heterocycles. The van der Waals surface area contributed by atoms with Crippen molar-refractivity contribution in [3.05, 3.63) is 60.4 Å². The fourth-order valence-corrected chi connectivity index (χ4v) is 1.73. The minimum atomic E-state index is 0.0371. The van der Waals surface area contributed by atoms with Crippen molar-refractivity contribution in [2.45, 2.75) is 6.54 Å². The predicted octanol–water partition coefficient (Wildman–Crippen LogP) is 1.83. The van der Waals surface area contributed by atoms with Crippen LogP contribution in [-0.2, 0) is 11.3 Å². The highest BCUT2D eigenvalue weighted by Gasteiger charge is 2.09. The largest absolute Gasteiger partial charge is 0.314 e. The predicted molar refractivity (Wildman–Crippen MR) is 75.8 cm³/mol. The fourth-order valence-electron chi connectivity index (χ4n) is 1.73. The summed E-state index contributed by atoms with van der Waals surface area (Å²) in [6, 6.07) is 13.5. The van der Waals surface area contributed by atoms with E-state index in [4.69, 9.17) is 0 Å². The van der Waals surface area contributed by atoms with Crippen LogP contribution in [0, 0.1) is 0 Å². The Kier molecular flexibility index (Phi) is 4.64. The van der Waals surface area contributed by atoms with Crippen molar-refractivity contribution in [2.24, 2.45) is 0 Å². The minimum Gasteiger partial charge on any atom is -0.314 e. The minimum absolute atomic E-state index is 0.0371. The number of carbonyl (C=O) groups excluding carboxylic acids is 1. The van der Waals surface area contributed by atoms with Gasteiger partial charge >= 0.3 is 0 Å². The number of nitrogens with zero attached hydrogens (tertiary/aromatic N) is 2.